The van der Waals surface area contributed by atoms with Gasteiger partial charge in [0, 0.05) is 12.2 Å². The summed E-state index contributed by atoms with van der Waals surface area (Å²) in [7, 11) is 0. The fraction of sp³-hybridized carbons (Fsp3) is 0.273. The van der Waals surface area contributed by atoms with Crippen molar-refractivity contribution in [2.24, 2.45) is 0 Å². The van der Waals surface area contributed by atoms with Crippen LogP contribution in [-0.4, -0.2) is 26.7 Å². The highest BCUT2D eigenvalue weighted by Gasteiger charge is 2.21. The minimum atomic E-state index is -0.618. The zero-order valence-corrected chi connectivity index (χ0v) is 17.7. The van der Waals surface area contributed by atoms with Gasteiger partial charge in [-0.3, -0.25) is 19.5 Å². The summed E-state index contributed by atoms with van der Waals surface area (Å²) in [5.41, 5.74) is 1.06. The first-order chi connectivity index (χ1) is 14.5. The van der Waals surface area contributed by atoms with E-state index in [-0.39, 0.29) is 5.56 Å². The number of nitrogens with one attached hydrogen (secondary N) is 2. The summed E-state index contributed by atoms with van der Waals surface area (Å²) >= 11 is 1.17. The number of amides is 3. The Kier molecular flexibility index (Phi) is 7.24. The van der Waals surface area contributed by atoms with Crippen molar-refractivity contribution >= 4 is 40.3 Å². The van der Waals surface area contributed by atoms with Crippen LogP contribution in [0.15, 0.2) is 64.5 Å². The van der Waals surface area contributed by atoms with E-state index in [1.807, 2.05) is 25.1 Å². The van der Waals surface area contributed by atoms with Crippen molar-refractivity contribution in [2.45, 2.75) is 43.6 Å². The molecule has 0 fully saturated rings. The first-order valence-corrected chi connectivity index (χ1v) is 10.7. The molecule has 3 amide bonds. The number of para-hydroxylation sites is 2. The maximum absolute atomic E-state index is 12.9. The number of urea groups is 1. The fourth-order valence-electron chi connectivity index (χ4n) is 2.86. The first-order valence-electron chi connectivity index (χ1n) is 9.82. The van der Waals surface area contributed by atoms with E-state index in [0.29, 0.717) is 28.3 Å². The maximum atomic E-state index is 12.9. The van der Waals surface area contributed by atoms with Gasteiger partial charge in [0.25, 0.3) is 5.56 Å². The van der Waals surface area contributed by atoms with Gasteiger partial charge in [0.15, 0.2) is 5.16 Å². The second-order valence-corrected chi connectivity index (χ2v) is 8.10. The Balaban J connectivity index is 1.76. The van der Waals surface area contributed by atoms with E-state index in [1.54, 1.807) is 47.9 Å². The summed E-state index contributed by atoms with van der Waals surface area (Å²) in [5, 5.41) is 5.36. The van der Waals surface area contributed by atoms with E-state index >= 15 is 0 Å². The van der Waals surface area contributed by atoms with Gasteiger partial charge in [-0.15, -0.1) is 0 Å². The van der Waals surface area contributed by atoms with Crippen molar-refractivity contribution in [2.75, 3.05) is 5.32 Å². The van der Waals surface area contributed by atoms with Crippen LogP contribution in [0.3, 0.4) is 0 Å². The number of rotatable bonds is 7. The van der Waals surface area contributed by atoms with Gasteiger partial charge in [-0.05, 0) is 37.6 Å². The van der Waals surface area contributed by atoms with E-state index in [9.17, 15) is 14.4 Å². The molecule has 1 heterocycles. The number of fused-ring (bicyclic) bond motifs is 1. The normalized spacial score (nSPS) is 11.8. The Morgan fingerprint density at radius 3 is 2.53 bits per heavy atom. The predicted molar refractivity (Wildman–Crippen MR) is 120 cm³/mol. The molecular weight excluding hydrogens is 400 g/mol. The molecule has 2 aromatic carbocycles. The number of imide groups is 1. The highest BCUT2D eigenvalue weighted by molar-refractivity contribution is 8.00. The number of anilines is 1. The average Bonchev–Trinajstić information content (AvgIpc) is 2.74. The SMILES string of the molecule is CCCCn1c(SC(C)C(=O)NC(=O)Nc2ccccc2)nc2ccccc2c1=O. The highest BCUT2D eigenvalue weighted by Crippen LogP contribution is 2.23. The van der Waals surface area contributed by atoms with Crippen LogP contribution in [0, 0.1) is 0 Å². The van der Waals surface area contributed by atoms with Crippen LogP contribution in [0.5, 0.6) is 0 Å². The molecule has 0 aliphatic carbocycles. The van der Waals surface area contributed by atoms with Crippen molar-refractivity contribution in [3.63, 3.8) is 0 Å². The van der Waals surface area contributed by atoms with E-state index in [0.717, 1.165) is 12.8 Å². The van der Waals surface area contributed by atoms with Crippen LogP contribution in [-0.2, 0) is 11.3 Å². The lowest BCUT2D eigenvalue weighted by molar-refractivity contribution is -0.119. The summed E-state index contributed by atoms with van der Waals surface area (Å²) in [5.74, 6) is -0.460. The monoisotopic (exact) mass is 424 g/mol. The molecule has 1 unspecified atom stereocenters. The number of aromatic nitrogens is 2. The van der Waals surface area contributed by atoms with Crippen LogP contribution in [0.4, 0.5) is 10.5 Å². The van der Waals surface area contributed by atoms with Crippen molar-refractivity contribution in [3.8, 4) is 0 Å². The third kappa shape index (κ3) is 5.27. The molecule has 8 heteroatoms. The summed E-state index contributed by atoms with van der Waals surface area (Å²) in [6.07, 6.45) is 1.76. The van der Waals surface area contributed by atoms with Gasteiger partial charge in [0.2, 0.25) is 5.91 Å². The molecule has 0 aliphatic rings. The molecule has 0 spiro atoms. The lowest BCUT2D eigenvalue weighted by atomic mass is 10.2. The van der Waals surface area contributed by atoms with Gasteiger partial charge in [-0.25, -0.2) is 9.78 Å². The van der Waals surface area contributed by atoms with Gasteiger partial charge in [0.05, 0.1) is 16.2 Å². The summed E-state index contributed by atoms with van der Waals surface area (Å²) in [6, 6.07) is 15.4. The fourth-order valence-corrected chi connectivity index (χ4v) is 3.79. The Bertz CT molecular complexity index is 1100. The third-order valence-electron chi connectivity index (χ3n) is 4.48. The molecule has 30 heavy (non-hydrogen) atoms. The van der Waals surface area contributed by atoms with E-state index in [1.165, 1.54) is 11.8 Å². The number of nitrogens with zero attached hydrogens (tertiary/aromatic N) is 2. The lowest BCUT2D eigenvalue weighted by Crippen LogP contribution is -2.39. The Morgan fingerprint density at radius 1 is 1.10 bits per heavy atom. The topological polar surface area (TPSA) is 93.1 Å². The van der Waals surface area contributed by atoms with E-state index in [2.05, 4.69) is 15.6 Å². The Labute approximate surface area is 178 Å². The Hall–Kier alpha value is -3.13. The highest BCUT2D eigenvalue weighted by atomic mass is 32.2. The zero-order valence-electron chi connectivity index (χ0n) is 16.9. The molecule has 1 atom stereocenters. The van der Waals surface area contributed by atoms with Crippen molar-refractivity contribution in [3.05, 3.63) is 65.0 Å². The van der Waals surface area contributed by atoms with Crippen LogP contribution >= 0.6 is 11.8 Å². The predicted octanol–water partition coefficient (Wildman–Crippen LogP) is 4.03. The number of hydrogen-bond acceptors (Lipinski definition) is 5. The first kappa shape index (κ1) is 21.6. The van der Waals surface area contributed by atoms with Gasteiger partial charge in [-0.1, -0.05) is 55.4 Å². The largest absolute Gasteiger partial charge is 0.325 e. The summed E-state index contributed by atoms with van der Waals surface area (Å²) in [4.78, 5) is 42.1. The van der Waals surface area contributed by atoms with E-state index < -0.39 is 17.2 Å². The maximum Gasteiger partial charge on any atom is 0.325 e. The standard InChI is InChI=1S/C22H24N4O3S/c1-3-4-14-26-20(28)17-12-8-9-13-18(17)24-22(26)30-15(2)19(27)25-21(29)23-16-10-6-5-7-11-16/h5-13,15H,3-4,14H2,1-2H3,(H2,23,25,27,29). The molecule has 2 N–H and O–H groups in total. The number of carbonyl (C=O) groups is 2. The second kappa shape index (κ2) is 10.1. The summed E-state index contributed by atoms with van der Waals surface area (Å²) in [6.45, 7) is 4.26. The van der Waals surface area contributed by atoms with Crippen LogP contribution < -0.4 is 16.2 Å². The molecule has 0 bridgehead atoms. The molecule has 0 aliphatic heterocycles. The van der Waals surface area contributed by atoms with Crippen molar-refractivity contribution < 1.29 is 9.59 Å². The number of thioether (sulfide) groups is 1. The quantitative estimate of drug-likeness (QED) is 0.441. The Morgan fingerprint density at radius 2 is 1.80 bits per heavy atom. The second-order valence-electron chi connectivity index (χ2n) is 6.79. The molecule has 156 valence electrons. The number of carbonyl (C=O) groups excluding carboxylic acids is 2. The molecule has 0 radical (unpaired) electrons. The minimum Gasteiger partial charge on any atom is -0.308 e. The van der Waals surface area contributed by atoms with E-state index in [4.69, 9.17) is 0 Å². The molecule has 1 aromatic heterocycles. The molecule has 3 aromatic rings. The third-order valence-corrected chi connectivity index (χ3v) is 5.57. The summed E-state index contributed by atoms with van der Waals surface area (Å²) < 4.78 is 1.62. The van der Waals surface area contributed by atoms with Crippen LogP contribution in [0.2, 0.25) is 0 Å². The smallest absolute Gasteiger partial charge is 0.308 e. The van der Waals surface area contributed by atoms with Crippen LogP contribution in [0.1, 0.15) is 26.7 Å². The van der Waals surface area contributed by atoms with Crippen LogP contribution in [0.25, 0.3) is 10.9 Å². The molecule has 0 saturated heterocycles. The number of unbranched alkanes of at least 4 members (excludes halogenated alkanes) is 1. The number of hydrogen-bond donors (Lipinski definition) is 2. The number of benzene rings is 2. The van der Waals surface area contributed by atoms with Gasteiger partial charge < -0.3 is 5.32 Å². The molecule has 3 rings (SSSR count). The molecule has 0 saturated carbocycles. The van der Waals surface area contributed by atoms with Gasteiger partial charge in [0.1, 0.15) is 0 Å². The average molecular weight is 425 g/mol. The van der Waals surface area contributed by atoms with Gasteiger partial charge >= 0.3 is 6.03 Å². The zero-order chi connectivity index (χ0) is 21.5. The van der Waals surface area contributed by atoms with Crippen molar-refractivity contribution in [1.82, 2.24) is 14.9 Å². The van der Waals surface area contributed by atoms with Crippen molar-refractivity contribution in [1.29, 1.82) is 0 Å². The minimum absolute atomic E-state index is 0.119. The molecule has 7 nitrogen and oxygen atoms in total. The molecular formula is C22H24N4O3S. The lowest BCUT2D eigenvalue weighted by Gasteiger charge is -2.16. The van der Waals surface area contributed by atoms with Gasteiger partial charge in [-0.2, -0.15) is 0 Å².